The fourth-order valence-corrected chi connectivity index (χ4v) is 19.3. The molecule has 8 aliphatic carbocycles. The van der Waals surface area contributed by atoms with Crippen LogP contribution in [0.5, 0.6) is 0 Å². The van der Waals surface area contributed by atoms with Crippen LogP contribution in [0, 0.1) is 105 Å². The molecule has 0 spiro atoms. The van der Waals surface area contributed by atoms with Crippen molar-refractivity contribution in [2.75, 3.05) is 6.61 Å². The monoisotopic (exact) mass is 859 g/mol. The highest BCUT2D eigenvalue weighted by molar-refractivity contribution is 5.66. The minimum atomic E-state index is -0.734. The van der Waals surface area contributed by atoms with Crippen molar-refractivity contribution in [2.24, 2.45) is 105 Å². The van der Waals surface area contributed by atoms with E-state index in [1.165, 1.54) is 6.42 Å². The first kappa shape index (κ1) is 48.1. The van der Waals surface area contributed by atoms with E-state index in [4.69, 9.17) is 5.11 Å². The first-order chi connectivity index (χ1) is 28.7. The standard InChI is InChI=1S/C26H44O5.C26H46O4/c1-5-16-19-12-15(27)10-11-25(19,3)23-20(28)13-26(4)17(14(2)6-9-21(29)30)7-8-18(26)22(23)24(16)31;1-5-17-20-13-16(28)10-11-25(20,3)23-21(29)14-26(4)18(15(2)7-6-12-27)8-9-19(26)22(23)24(17)30/h14-20,22-24,27-28,31H,5-13H2,1-4H3,(H,29,30);15-24,27-30H,5-14H2,1-4H3/t14-,15-,16-,17-,18?,19+,20+,22?,23?,24-,25+,26-;15-,16-,17-,18-,19?,20+,21+,22?,23?,24-,25+,26-/m11/s1. The van der Waals surface area contributed by atoms with Crippen LogP contribution in [-0.2, 0) is 4.79 Å². The van der Waals surface area contributed by atoms with Gasteiger partial charge in [-0.05, 0) is 201 Å². The molecule has 0 amide bonds. The summed E-state index contributed by atoms with van der Waals surface area (Å²) in [5.74, 6) is 3.45. The van der Waals surface area contributed by atoms with Crippen molar-refractivity contribution in [3.05, 3.63) is 0 Å². The van der Waals surface area contributed by atoms with Crippen LogP contribution in [0.2, 0.25) is 0 Å². The predicted octanol–water partition coefficient (Wildman–Crippen LogP) is 8.08. The molecule has 9 heteroatoms. The number of hydrogen-bond acceptors (Lipinski definition) is 8. The molecule has 352 valence electrons. The summed E-state index contributed by atoms with van der Waals surface area (Å²) in [6, 6.07) is 0. The number of rotatable bonds is 10. The van der Waals surface area contributed by atoms with Gasteiger partial charge in [-0.15, -0.1) is 0 Å². The molecule has 8 aliphatic rings. The number of carboxylic acid groups (broad SMARTS) is 1. The molecular formula is C52H90O9. The molecular weight excluding hydrogens is 769 g/mol. The lowest BCUT2D eigenvalue weighted by atomic mass is 9.40. The SMILES string of the molecule is CC[C@H]1[C@@H](O)C2C3CC[C@H]([C@H](C)CCC(=O)O)[C@@]3(C)C[C@H](O)C2[C@@]2(C)CC[C@@H](O)C[C@@H]12.CC[C@H]1[C@@H](O)C2C3CC[C@H]([C@H](C)CCCO)[C@@]3(C)C[C@H](O)C2[C@@]2(C)CC[C@@H](O)C[C@@H]12. The lowest BCUT2D eigenvalue weighted by molar-refractivity contribution is -0.235. The summed E-state index contributed by atoms with van der Waals surface area (Å²) in [6.45, 7) is 18.6. The zero-order valence-electron chi connectivity index (χ0n) is 39.5. The number of aliphatic hydroxyl groups is 7. The van der Waals surface area contributed by atoms with Crippen LogP contribution in [0.25, 0.3) is 0 Å². The summed E-state index contributed by atoms with van der Waals surface area (Å²) in [5, 5.41) is 86.0. The Bertz CT molecular complexity index is 1510. The second kappa shape index (κ2) is 18.1. The fraction of sp³-hybridized carbons (Fsp3) is 0.981. The third-order valence-electron chi connectivity index (χ3n) is 21.8. The van der Waals surface area contributed by atoms with Gasteiger partial charge in [0.2, 0.25) is 0 Å². The zero-order valence-corrected chi connectivity index (χ0v) is 39.5. The molecule has 24 atom stereocenters. The smallest absolute Gasteiger partial charge is 0.303 e. The van der Waals surface area contributed by atoms with Crippen molar-refractivity contribution in [3.63, 3.8) is 0 Å². The molecule has 6 unspecified atom stereocenters. The molecule has 9 nitrogen and oxygen atoms in total. The van der Waals surface area contributed by atoms with Gasteiger partial charge in [0.05, 0.1) is 36.6 Å². The van der Waals surface area contributed by atoms with Gasteiger partial charge in [-0.2, -0.15) is 0 Å². The number of fused-ring (bicyclic) bond motifs is 10. The normalized spacial score (nSPS) is 53.4. The van der Waals surface area contributed by atoms with Crippen LogP contribution >= 0.6 is 0 Å². The zero-order chi connectivity index (χ0) is 44.6. The summed E-state index contributed by atoms with van der Waals surface area (Å²) < 4.78 is 0. The van der Waals surface area contributed by atoms with E-state index in [-0.39, 0.29) is 101 Å². The number of carbonyl (C=O) groups is 1. The Morgan fingerprint density at radius 3 is 1.38 bits per heavy atom. The van der Waals surface area contributed by atoms with E-state index in [2.05, 4.69) is 55.4 Å². The third kappa shape index (κ3) is 7.94. The summed E-state index contributed by atoms with van der Waals surface area (Å²) in [6.07, 6.45) is 13.7. The maximum Gasteiger partial charge on any atom is 0.303 e. The summed E-state index contributed by atoms with van der Waals surface area (Å²) >= 11 is 0. The molecule has 0 aromatic heterocycles. The quantitative estimate of drug-likeness (QED) is 0.108. The van der Waals surface area contributed by atoms with Crippen LogP contribution < -0.4 is 0 Å². The van der Waals surface area contributed by atoms with Crippen LogP contribution in [0.3, 0.4) is 0 Å². The maximum absolute atomic E-state index is 11.7. The molecule has 8 saturated carbocycles. The molecule has 0 aromatic carbocycles. The van der Waals surface area contributed by atoms with Gasteiger partial charge in [0.1, 0.15) is 0 Å². The number of aliphatic carboxylic acids is 1. The van der Waals surface area contributed by atoms with Gasteiger partial charge in [-0.25, -0.2) is 0 Å². The lowest BCUT2D eigenvalue weighted by Crippen LogP contribution is -2.65. The second-order valence-electron chi connectivity index (χ2n) is 24.3. The van der Waals surface area contributed by atoms with Gasteiger partial charge in [-0.3, -0.25) is 4.79 Å². The molecule has 0 bridgehead atoms. The third-order valence-corrected chi connectivity index (χ3v) is 21.8. The van der Waals surface area contributed by atoms with Crippen LogP contribution in [0.1, 0.15) is 171 Å². The van der Waals surface area contributed by atoms with Crippen LogP contribution in [-0.4, -0.2) is 90.1 Å². The molecule has 0 aromatic rings. The molecule has 0 saturated heterocycles. The summed E-state index contributed by atoms with van der Waals surface area (Å²) in [5.41, 5.74) is 0.0178. The molecule has 8 rings (SSSR count). The van der Waals surface area contributed by atoms with Crippen LogP contribution in [0.4, 0.5) is 0 Å². The van der Waals surface area contributed by atoms with Crippen molar-refractivity contribution >= 4 is 5.97 Å². The van der Waals surface area contributed by atoms with Gasteiger partial charge in [0.25, 0.3) is 0 Å². The van der Waals surface area contributed by atoms with Gasteiger partial charge >= 0.3 is 5.97 Å². The van der Waals surface area contributed by atoms with E-state index in [9.17, 15) is 40.5 Å². The Morgan fingerprint density at radius 1 is 0.590 bits per heavy atom. The van der Waals surface area contributed by atoms with Crippen molar-refractivity contribution in [3.8, 4) is 0 Å². The van der Waals surface area contributed by atoms with Crippen molar-refractivity contribution in [1.29, 1.82) is 0 Å². The molecule has 0 heterocycles. The second-order valence-corrected chi connectivity index (χ2v) is 24.3. The topological polar surface area (TPSA) is 179 Å². The number of hydrogen-bond donors (Lipinski definition) is 8. The fourth-order valence-electron chi connectivity index (χ4n) is 19.3. The van der Waals surface area contributed by atoms with Gasteiger partial charge in [0.15, 0.2) is 0 Å². The van der Waals surface area contributed by atoms with Gasteiger partial charge in [0, 0.05) is 13.0 Å². The van der Waals surface area contributed by atoms with Crippen molar-refractivity contribution in [1.82, 2.24) is 0 Å². The van der Waals surface area contributed by atoms with Gasteiger partial charge < -0.3 is 40.9 Å². The predicted molar refractivity (Wildman–Crippen MR) is 238 cm³/mol. The van der Waals surface area contributed by atoms with Crippen molar-refractivity contribution in [2.45, 2.75) is 208 Å². The molecule has 0 radical (unpaired) electrons. The molecule has 0 aliphatic heterocycles. The molecule has 8 fully saturated rings. The highest BCUT2D eigenvalue weighted by Gasteiger charge is 2.69. The van der Waals surface area contributed by atoms with E-state index in [1.807, 2.05) is 0 Å². The Hall–Kier alpha value is -0.810. The largest absolute Gasteiger partial charge is 0.481 e. The molecule has 61 heavy (non-hydrogen) atoms. The molecule has 8 N–H and O–H groups in total. The Labute approximate surface area is 369 Å². The van der Waals surface area contributed by atoms with Crippen LogP contribution in [0.15, 0.2) is 0 Å². The Kier molecular flexibility index (Phi) is 14.3. The number of carboxylic acids is 1. The lowest BCUT2D eigenvalue weighted by Gasteiger charge is -2.66. The van der Waals surface area contributed by atoms with E-state index in [1.54, 1.807) is 0 Å². The Balaban J connectivity index is 0.000000184. The summed E-state index contributed by atoms with van der Waals surface area (Å²) in [4.78, 5) is 11.1. The average molecular weight is 859 g/mol. The highest BCUT2D eigenvalue weighted by atomic mass is 16.4. The van der Waals surface area contributed by atoms with Crippen molar-refractivity contribution < 1.29 is 45.6 Å². The van der Waals surface area contributed by atoms with E-state index < -0.39 is 18.2 Å². The van der Waals surface area contributed by atoms with Gasteiger partial charge in [-0.1, -0.05) is 68.2 Å². The van der Waals surface area contributed by atoms with E-state index >= 15 is 0 Å². The first-order valence-electron chi connectivity index (χ1n) is 25.6. The Morgan fingerprint density at radius 2 is 1.00 bits per heavy atom. The average Bonchev–Trinajstić information content (AvgIpc) is 3.73. The first-order valence-corrected chi connectivity index (χ1v) is 25.6. The van der Waals surface area contributed by atoms with E-state index in [0.29, 0.717) is 47.8 Å². The summed E-state index contributed by atoms with van der Waals surface area (Å²) in [7, 11) is 0. The highest BCUT2D eigenvalue weighted by Crippen LogP contribution is 2.71. The maximum atomic E-state index is 11.7. The number of aliphatic hydroxyl groups excluding tert-OH is 7. The van der Waals surface area contributed by atoms with E-state index in [0.717, 1.165) is 96.3 Å². The minimum absolute atomic E-state index is 0.0190. The minimum Gasteiger partial charge on any atom is -0.481 e.